The van der Waals surface area contributed by atoms with E-state index in [1.165, 1.54) is 10.8 Å². The van der Waals surface area contributed by atoms with Gasteiger partial charge >= 0.3 is 0 Å². The zero-order chi connectivity index (χ0) is 19.8. The number of benzene rings is 2. The van der Waals surface area contributed by atoms with Crippen LogP contribution in [0.2, 0.25) is 0 Å². The third-order valence-electron chi connectivity index (χ3n) is 4.16. The molecule has 0 radical (unpaired) electrons. The number of hydrogen-bond donors (Lipinski definition) is 3. The minimum Gasteiger partial charge on any atom is -0.494 e. The maximum absolute atomic E-state index is 11.0. The van der Waals surface area contributed by atoms with Crippen LogP contribution in [-0.2, 0) is 6.54 Å². The molecule has 0 aliphatic heterocycles. The van der Waals surface area contributed by atoms with Crippen LogP contribution in [0.5, 0.6) is 5.75 Å². The second-order valence-corrected chi connectivity index (χ2v) is 6.19. The Morgan fingerprint density at radius 1 is 1.10 bits per heavy atom. The van der Waals surface area contributed by atoms with Gasteiger partial charge in [-0.05, 0) is 41.5 Å². The maximum Gasteiger partial charge on any atom is 0.284 e. The summed E-state index contributed by atoms with van der Waals surface area (Å²) < 4.78 is 11.1. The van der Waals surface area contributed by atoms with Crippen molar-refractivity contribution in [1.82, 2.24) is 10.6 Å². The number of furan rings is 1. The van der Waals surface area contributed by atoms with Crippen molar-refractivity contribution in [3.63, 3.8) is 0 Å². The molecule has 0 unspecified atom stereocenters. The van der Waals surface area contributed by atoms with E-state index in [0.717, 1.165) is 12.2 Å². The average molecular weight is 508 g/mol. The molecule has 0 spiro atoms. The molecule has 4 N–H and O–H groups in total. The minimum atomic E-state index is -0.583. The number of rotatable bonds is 8. The number of fused-ring (bicyclic) bond motifs is 1. The first-order chi connectivity index (χ1) is 13.7. The number of hydrogen-bond acceptors (Lipinski definition) is 4. The Morgan fingerprint density at radius 2 is 1.90 bits per heavy atom. The number of carbonyl (C=O) groups excluding carboxylic acids is 1. The molecule has 1 amide bonds. The Kier molecular flexibility index (Phi) is 8.78. The molecule has 0 atom stereocenters. The Hall–Kier alpha value is -2.75. The number of ether oxygens (including phenoxy) is 1. The van der Waals surface area contributed by atoms with E-state index >= 15 is 0 Å². The SMILES string of the molecule is CN=C(NCCCOc1ccc2ccccc2c1)NCc1ccc(C(N)=O)o1.I. The van der Waals surface area contributed by atoms with Gasteiger partial charge in [0.15, 0.2) is 11.7 Å². The Balaban J connectivity index is 0.00000300. The van der Waals surface area contributed by atoms with Crippen LogP contribution in [0, 0.1) is 0 Å². The molecule has 7 nitrogen and oxygen atoms in total. The molecule has 1 heterocycles. The van der Waals surface area contributed by atoms with Gasteiger partial charge in [-0.15, -0.1) is 24.0 Å². The molecule has 0 saturated carbocycles. The first-order valence-corrected chi connectivity index (χ1v) is 9.10. The molecule has 0 saturated heterocycles. The van der Waals surface area contributed by atoms with E-state index in [4.69, 9.17) is 14.9 Å². The molecule has 3 aromatic rings. The lowest BCUT2D eigenvalue weighted by Crippen LogP contribution is -2.37. The molecule has 29 heavy (non-hydrogen) atoms. The highest BCUT2D eigenvalue weighted by Gasteiger charge is 2.07. The first-order valence-electron chi connectivity index (χ1n) is 9.10. The molecule has 0 fully saturated rings. The van der Waals surface area contributed by atoms with Crippen molar-refractivity contribution in [1.29, 1.82) is 0 Å². The summed E-state index contributed by atoms with van der Waals surface area (Å²) >= 11 is 0. The molecule has 2 aromatic carbocycles. The smallest absolute Gasteiger partial charge is 0.284 e. The van der Waals surface area contributed by atoms with Crippen LogP contribution in [0.15, 0.2) is 64.0 Å². The number of nitrogens with zero attached hydrogens (tertiary/aromatic N) is 1. The van der Waals surface area contributed by atoms with Crippen molar-refractivity contribution in [3.05, 3.63) is 66.1 Å². The fourth-order valence-corrected chi connectivity index (χ4v) is 2.72. The first kappa shape index (κ1) is 22.5. The topological polar surface area (TPSA) is 102 Å². The summed E-state index contributed by atoms with van der Waals surface area (Å²) in [4.78, 5) is 15.2. The van der Waals surface area contributed by atoms with Crippen molar-refractivity contribution in [3.8, 4) is 5.75 Å². The summed E-state index contributed by atoms with van der Waals surface area (Å²) in [5.41, 5.74) is 5.17. The summed E-state index contributed by atoms with van der Waals surface area (Å²) in [6.45, 7) is 1.71. The number of amides is 1. The van der Waals surface area contributed by atoms with Crippen molar-refractivity contribution in [2.75, 3.05) is 20.2 Å². The minimum absolute atomic E-state index is 0. The third kappa shape index (κ3) is 6.67. The standard InChI is InChI=1S/C21H24N4O3.HI/c1-23-21(25-14-18-9-10-19(28-18)20(22)26)24-11-4-12-27-17-8-7-15-5-2-3-6-16(15)13-17;/h2-3,5-10,13H,4,11-12,14H2,1H3,(H2,22,26)(H2,23,24,25);1H. The van der Waals surface area contributed by atoms with Crippen LogP contribution in [0.1, 0.15) is 22.7 Å². The molecular weight excluding hydrogens is 483 g/mol. The highest BCUT2D eigenvalue weighted by molar-refractivity contribution is 14.0. The van der Waals surface area contributed by atoms with E-state index in [-0.39, 0.29) is 29.7 Å². The van der Waals surface area contributed by atoms with Gasteiger partial charge in [-0.2, -0.15) is 0 Å². The lowest BCUT2D eigenvalue weighted by Gasteiger charge is -2.11. The van der Waals surface area contributed by atoms with Gasteiger partial charge < -0.3 is 25.5 Å². The zero-order valence-corrected chi connectivity index (χ0v) is 18.5. The lowest BCUT2D eigenvalue weighted by atomic mass is 10.1. The van der Waals surface area contributed by atoms with Gasteiger partial charge in [-0.25, -0.2) is 0 Å². The Morgan fingerprint density at radius 3 is 2.62 bits per heavy atom. The quantitative estimate of drug-likeness (QED) is 0.188. The molecule has 8 heteroatoms. The lowest BCUT2D eigenvalue weighted by molar-refractivity contribution is 0.0972. The van der Waals surface area contributed by atoms with Gasteiger partial charge in [0.1, 0.15) is 11.5 Å². The molecule has 1 aromatic heterocycles. The highest BCUT2D eigenvalue weighted by Crippen LogP contribution is 2.20. The highest BCUT2D eigenvalue weighted by atomic mass is 127. The number of nitrogens with two attached hydrogens (primary N) is 1. The van der Waals surface area contributed by atoms with Gasteiger partial charge in [0, 0.05) is 13.6 Å². The van der Waals surface area contributed by atoms with E-state index < -0.39 is 5.91 Å². The van der Waals surface area contributed by atoms with E-state index in [9.17, 15) is 4.79 Å². The Bertz CT molecular complexity index is 971. The number of nitrogens with one attached hydrogen (secondary N) is 2. The molecular formula is C21H25IN4O3. The van der Waals surface area contributed by atoms with E-state index in [2.05, 4.69) is 33.8 Å². The fourth-order valence-electron chi connectivity index (χ4n) is 2.72. The number of halogens is 1. The van der Waals surface area contributed by atoms with Gasteiger partial charge in [0.05, 0.1) is 13.2 Å². The van der Waals surface area contributed by atoms with Crippen LogP contribution in [0.4, 0.5) is 0 Å². The molecule has 154 valence electrons. The van der Waals surface area contributed by atoms with Crippen molar-refractivity contribution < 1.29 is 13.9 Å². The second kappa shape index (κ2) is 11.3. The summed E-state index contributed by atoms with van der Waals surface area (Å²) in [6, 6.07) is 17.6. The number of primary amides is 1. The summed E-state index contributed by atoms with van der Waals surface area (Å²) in [6.07, 6.45) is 0.820. The van der Waals surface area contributed by atoms with Gasteiger partial charge in [0.2, 0.25) is 0 Å². The van der Waals surface area contributed by atoms with Gasteiger partial charge in [-0.1, -0.05) is 30.3 Å². The summed E-state index contributed by atoms with van der Waals surface area (Å²) in [5, 5.41) is 8.70. The molecule has 0 bridgehead atoms. The number of aliphatic imine (C=N–C) groups is 1. The van der Waals surface area contributed by atoms with Crippen LogP contribution < -0.4 is 21.1 Å². The van der Waals surface area contributed by atoms with E-state index in [0.29, 0.717) is 31.4 Å². The second-order valence-electron chi connectivity index (χ2n) is 6.19. The van der Waals surface area contributed by atoms with Gasteiger partial charge in [0.25, 0.3) is 5.91 Å². The van der Waals surface area contributed by atoms with E-state index in [1.807, 2.05) is 24.3 Å². The molecule has 0 aliphatic carbocycles. The maximum atomic E-state index is 11.0. The monoisotopic (exact) mass is 508 g/mol. The predicted molar refractivity (Wildman–Crippen MR) is 125 cm³/mol. The molecule has 0 aliphatic rings. The number of guanidine groups is 1. The van der Waals surface area contributed by atoms with Crippen molar-refractivity contribution in [2.45, 2.75) is 13.0 Å². The fraction of sp³-hybridized carbons (Fsp3) is 0.238. The zero-order valence-electron chi connectivity index (χ0n) is 16.2. The number of carbonyl (C=O) groups is 1. The largest absolute Gasteiger partial charge is 0.494 e. The van der Waals surface area contributed by atoms with Crippen LogP contribution in [0.3, 0.4) is 0 Å². The summed E-state index contributed by atoms with van der Waals surface area (Å²) in [7, 11) is 1.69. The summed E-state index contributed by atoms with van der Waals surface area (Å²) in [5.74, 6) is 1.68. The molecule has 3 rings (SSSR count). The van der Waals surface area contributed by atoms with Crippen LogP contribution in [0.25, 0.3) is 10.8 Å². The normalized spacial score (nSPS) is 11.0. The van der Waals surface area contributed by atoms with Crippen molar-refractivity contribution >= 4 is 46.6 Å². The van der Waals surface area contributed by atoms with Crippen LogP contribution in [-0.4, -0.2) is 32.1 Å². The predicted octanol–water partition coefficient (Wildman–Crippen LogP) is 3.28. The van der Waals surface area contributed by atoms with Gasteiger partial charge in [-0.3, -0.25) is 9.79 Å². The van der Waals surface area contributed by atoms with Crippen molar-refractivity contribution in [2.24, 2.45) is 10.7 Å². The van der Waals surface area contributed by atoms with E-state index in [1.54, 1.807) is 19.2 Å². The Labute approximate surface area is 186 Å². The average Bonchev–Trinajstić information content (AvgIpc) is 3.19. The third-order valence-corrected chi connectivity index (χ3v) is 4.16. The van der Waals surface area contributed by atoms with Crippen LogP contribution >= 0.6 is 24.0 Å².